The Morgan fingerprint density at radius 3 is 2.43 bits per heavy atom. The van der Waals surface area contributed by atoms with Gasteiger partial charge in [-0.1, -0.05) is 13.8 Å². The molecule has 6 heteroatoms. The van der Waals surface area contributed by atoms with E-state index in [0.29, 0.717) is 18.0 Å². The molecule has 128 valence electrons. The molecule has 0 radical (unpaired) electrons. The molecular weight excluding hydrogens is 334 g/mol. The largest absolute Gasteiger partial charge is 0.370 e. The lowest BCUT2D eigenvalue weighted by molar-refractivity contribution is 0.108. The number of piperidine rings is 1. The van der Waals surface area contributed by atoms with Gasteiger partial charge in [0.1, 0.15) is 0 Å². The maximum absolute atomic E-state index is 12.8. The van der Waals surface area contributed by atoms with Crippen molar-refractivity contribution in [2.24, 2.45) is 5.92 Å². The summed E-state index contributed by atoms with van der Waals surface area (Å²) in [5.74, 6) is 0.395. The minimum absolute atomic E-state index is 0.0887. The second-order valence-corrected chi connectivity index (χ2v) is 8.93. The number of anilines is 1. The van der Waals surface area contributed by atoms with Gasteiger partial charge in [0.15, 0.2) is 9.84 Å². The van der Waals surface area contributed by atoms with Crippen molar-refractivity contribution in [3.63, 3.8) is 0 Å². The summed E-state index contributed by atoms with van der Waals surface area (Å²) in [5.41, 5.74) is 0.936. The predicted molar refractivity (Wildman–Crippen MR) is 94.2 cm³/mol. The predicted octanol–water partition coefficient (Wildman–Crippen LogP) is 3.88. The molecule has 1 aliphatic rings. The van der Waals surface area contributed by atoms with Crippen molar-refractivity contribution in [3.8, 4) is 0 Å². The average Bonchev–Trinajstić information content (AvgIpc) is 2.53. The number of halogens is 1. The Morgan fingerprint density at radius 1 is 1.22 bits per heavy atom. The van der Waals surface area contributed by atoms with Crippen molar-refractivity contribution in [1.82, 2.24) is 0 Å². The third kappa shape index (κ3) is 4.70. The van der Waals surface area contributed by atoms with E-state index in [1.54, 1.807) is 12.1 Å². The summed E-state index contributed by atoms with van der Waals surface area (Å²) >= 11 is 5.54. The number of nitrogens with zero attached hydrogens (tertiary/aromatic N) is 1. The topological polar surface area (TPSA) is 54.5 Å². The van der Waals surface area contributed by atoms with Crippen LogP contribution in [0.2, 0.25) is 0 Å². The van der Waals surface area contributed by atoms with Crippen molar-refractivity contribution in [2.75, 3.05) is 23.7 Å². The van der Waals surface area contributed by atoms with E-state index in [4.69, 9.17) is 11.6 Å². The zero-order valence-electron chi connectivity index (χ0n) is 13.7. The maximum atomic E-state index is 12.8. The van der Waals surface area contributed by atoms with Crippen molar-refractivity contribution < 1.29 is 13.2 Å². The summed E-state index contributed by atoms with van der Waals surface area (Å²) in [6.45, 7) is 5.70. The number of hydrogen-bond donors (Lipinski definition) is 0. The first-order chi connectivity index (χ1) is 10.8. The van der Waals surface area contributed by atoms with E-state index in [2.05, 4.69) is 4.90 Å². The van der Waals surface area contributed by atoms with Gasteiger partial charge in [0.2, 0.25) is 0 Å². The summed E-state index contributed by atoms with van der Waals surface area (Å²) in [6, 6.07) is 4.78. The first kappa shape index (κ1) is 18.3. The molecule has 1 aliphatic heterocycles. The molecular formula is C17H24ClNO3S. The minimum Gasteiger partial charge on any atom is -0.370 e. The quantitative estimate of drug-likeness (QED) is 0.725. The lowest BCUT2D eigenvalue weighted by Crippen LogP contribution is -2.31. The summed E-state index contributed by atoms with van der Waals surface area (Å²) in [5, 5.41) is -0.629. The molecule has 0 aromatic heterocycles. The summed E-state index contributed by atoms with van der Waals surface area (Å²) in [7, 11) is -3.44. The normalized spacial score (nSPS) is 15.9. The fourth-order valence-electron chi connectivity index (χ4n) is 2.78. The highest BCUT2D eigenvalue weighted by Crippen LogP contribution is 2.31. The molecule has 0 bridgehead atoms. The minimum atomic E-state index is -3.44. The van der Waals surface area contributed by atoms with Crippen molar-refractivity contribution in [1.29, 1.82) is 0 Å². The smallest absolute Gasteiger partial charge is 0.252 e. The fourth-order valence-corrected chi connectivity index (χ4v) is 4.72. The molecule has 1 fully saturated rings. The van der Waals surface area contributed by atoms with E-state index in [1.165, 1.54) is 12.5 Å². The van der Waals surface area contributed by atoms with Gasteiger partial charge in [0.05, 0.1) is 16.3 Å². The van der Waals surface area contributed by atoms with Gasteiger partial charge < -0.3 is 4.90 Å². The molecule has 1 heterocycles. The third-order valence-electron chi connectivity index (χ3n) is 4.18. The Labute approximate surface area is 143 Å². The van der Waals surface area contributed by atoms with E-state index in [1.807, 2.05) is 13.8 Å². The zero-order chi connectivity index (χ0) is 17.0. The molecule has 4 nitrogen and oxygen atoms in total. The van der Waals surface area contributed by atoms with Gasteiger partial charge in [-0.25, -0.2) is 8.42 Å². The molecule has 1 saturated heterocycles. The highest BCUT2D eigenvalue weighted by Gasteiger charge is 2.24. The molecule has 0 aliphatic carbocycles. The number of sulfone groups is 1. The maximum Gasteiger partial charge on any atom is 0.252 e. The Balaban J connectivity index is 2.43. The van der Waals surface area contributed by atoms with Crippen LogP contribution in [0.1, 0.15) is 49.9 Å². The van der Waals surface area contributed by atoms with Crippen molar-refractivity contribution in [2.45, 2.75) is 44.4 Å². The Morgan fingerprint density at radius 2 is 1.87 bits per heavy atom. The van der Waals surface area contributed by atoms with Crippen LogP contribution in [0.4, 0.5) is 5.69 Å². The van der Waals surface area contributed by atoms with Gasteiger partial charge in [-0.2, -0.15) is 0 Å². The number of carbonyl (C=O) groups excluding carboxylic acids is 1. The van der Waals surface area contributed by atoms with Crippen LogP contribution in [0.25, 0.3) is 0 Å². The van der Waals surface area contributed by atoms with Crippen molar-refractivity contribution >= 4 is 32.4 Å². The first-order valence-electron chi connectivity index (χ1n) is 8.13. The van der Waals surface area contributed by atoms with Gasteiger partial charge >= 0.3 is 0 Å². The Bertz CT molecular complexity index is 664. The zero-order valence-corrected chi connectivity index (χ0v) is 15.3. The van der Waals surface area contributed by atoms with Crippen LogP contribution in [0.3, 0.4) is 0 Å². The second kappa shape index (κ2) is 7.67. The molecule has 0 spiro atoms. The number of benzene rings is 1. The molecule has 0 amide bonds. The van der Waals surface area contributed by atoms with Gasteiger partial charge in [-0.05, 0) is 61.4 Å². The van der Waals surface area contributed by atoms with E-state index in [0.717, 1.165) is 25.9 Å². The van der Waals surface area contributed by atoms with Gasteiger partial charge in [-0.3, -0.25) is 4.79 Å². The van der Waals surface area contributed by atoms with Gasteiger partial charge in [-0.15, -0.1) is 0 Å². The molecule has 0 N–H and O–H groups in total. The number of rotatable bonds is 6. The Kier molecular flexibility index (Phi) is 6.09. The van der Waals surface area contributed by atoms with Gasteiger partial charge in [0, 0.05) is 18.7 Å². The monoisotopic (exact) mass is 357 g/mol. The molecule has 0 unspecified atom stereocenters. The standard InChI is InChI=1S/C17H24ClNO3S/c1-13(2)8-11-23(21,22)16-12-14(17(18)20)6-7-15(16)19-9-4-3-5-10-19/h6-7,12-13H,3-5,8-11H2,1-2H3. The summed E-state index contributed by atoms with van der Waals surface area (Å²) in [4.78, 5) is 13.8. The van der Waals surface area contributed by atoms with E-state index in [-0.39, 0.29) is 16.2 Å². The van der Waals surface area contributed by atoms with Crippen LogP contribution in [0.15, 0.2) is 23.1 Å². The van der Waals surface area contributed by atoms with Crippen LogP contribution >= 0.6 is 11.6 Å². The Hall–Kier alpha value is -1.07. The molecule has 2 rings (SSSR count). The first-order valence-corrected chi connectivity index (χ1v) is 10.2. The molecule has 1 aromatic carbocycles. The van der Waals surface area contributed by atoms with Crippen LogP contribution in [0.5, 0.6) is 0 Å². The molecule has 23 heavy (non-hydrogen) atoms. The summed E-state index contributed by atoms with van der Waals surface area (Å²) in [6.07, 6.45) is 3.88. The highest BCUT2D eigenvalue weighted by atomic mass is 35.5. The van der Waals surface area contributed by atoms with Crippen LogP contribution < -0.4 is 4.90 Å². The fraction of sp³-hybridized carbons (Fsp3) is 0.588. The highest BCUT2D eigenvalue weighted by molar-refractivity contribution is 7.91. The van der Waals surface area contributed by atoms with Crippen LogP contribution in [-0.4, -0.2) is 32.5 Å². The number of carbonyl (C=O) groups is 1. The molecule has 1 aromatic rings. The average molecular weight is 358 g/mol. The molecule has 0 atom stereocenters. The number of hydrogen-bond acceptors (Lipinski definition) is 4. The third-order valence-corrected chi connectivity index (χ3v) is 6.17. The summed E-state index contributed by atoms with van der Waals surface area (Å²) < 4.78 is 25.6. The van der Waals surface area contributed by atoms with E-state index >= 15 is 0 Å². The van der Waals surface area contributed by atoms with Crippen molar-refractivity contribution in [3.05, 3.63) is 23.8 Å². The van der Waals surface area contributed by atoms with E-state index < -0.39 is 15.1 Å². The van der Waals surface area contributed by atoms with Crippen LogP contribution in [-0.2, 0) is 9.84 Å². The van der Waals surface area contributed by atoms with E-state index in [9.17, 15) is 13.2 Å². The van der Waals surface area contributed by atoms with Crippen LogP contribution in [0, 0.1) is 5.92 Å². The lowest BCUT2D eigenvalue weighted by atomic mass is 10.1. The lowest BCUT2D eigenvalue weighted by Gasteiger charge is -2.30. The molecule has 0 saturated carbocycles. The van der Waals surface area contributed by atoms with Gasteiger partial charge in [0.25, 0.3) is 5.24 Å². The SMILES string of the molecule is CC(C)CCS(=O)(=O)c1cc(C(=O)Cl)ccc1N1CCCCC1. The second-order valence-electron chi connectivity index (χ2n) is 6.51.